The van der Waals surface area contributed by atoms with Gasteiger partial charge in [0.1, 0.15) is 0 Å². The van der Waals surface area contributed by atoms with Crippen molar-refractivity contribution in [1.29, 1.82) is 0 Å². The summed E-state index contributed by atoms with van der Waals surface area (Å²) >= 11 is 0. The predicted molar refractivity (Wildman–Crippen MR) is 64.1 cm³/mol. The van der Waals surface area contributed by atoms with Gasteiger partial charge in [0.05, 0.1) is 12.8 Å². The fraction of sp³-hybridized carbons (Fsp3) is 0.154. The zero-order valence-corrected chi connectivity index (χ0v) is 9.18. The quantitative estimate of drug-likeness (QED) is 0.852. The Morgan fingerprint density at radius 2 is 1.88 bits per heavy atom. The summed E-state index contributed by atoms with van der Waals surface area (Å²) in [6.45, 7) is 0.473. The van der Waals surface area contributed by atoms with Gasteiger partial charge in [-0.25, -0.2) is 4.98 Å². The van der Waals surface area contributed by atoms with Gasteiger partial charge in [-0.2, -0.15) is 0 Å². The van der Waals surface area contributed by atoms with Crippen molar-refractivity contribution in [3.8, 4) is 17.1 Å². The van der Waals surface area contributed by atoms with Crippen molar-refractivity contribution < 1.29 is 4.74 Å². The molecular weight excluding hydrogens is 200 g/mol. The van der Waals surface area contributed by atoms with E-state index in [1.807, 2.05) is 42.5 Å². The summed E-state index contributed by atoms with van der Waals surface area (Å²) in [5.41, 5.74) is 8.67. The molecule has 2 rings (SSSR count). The van der Waals surface area contributed by atoms with Crippen LogP contribution in [0, 0.1) is 0 Å². The Hall–Kier alpha value is -1.87. The number of benzene rings is 1. The number of pyridine rings is 1. The highest BCUT2D eigenvalue weighted by atomic mass is 16.5. The molecule has 3 nitrogen and oxygen atoms in total. The molecule has 0 fully saturated rings. The molecule has 1 heterocycles. The highest BCUT2D eigenvalue weighted by Gasteiger charge is 2.06. The molecular formula is C13H14N2O. The molecule has 1 aromatic heterocycles. The average molecular weight is 214 g/mol. The molecule has 2 aromatic rings. The molecule has 1 aromatic carbocycles. The van der Waals surface area contributed by atoms with Crippen molar-refractivity contribution in [2.45, 2.75) is 6.54 Å². The van der Waals surface area contributed by atoms with Crippen LogP contribution >= 0.6 is 0 Å². The Balaban J connectivity index is 2.53. The molecule has 16 heavy (non-hydrogen) atoms. The Kier molecular flexibility index (Phi) is 3.17. The molecule has 0 unspecified atom stereocenters. The summed E-state index contributed by atoms with van der Waals surface area (Å²) in [4.78, 5) is 4.43. The van der Waals surface area contributed by atoms with Crippen molar-refractivity contribution in [2.75, 3.05) is 7.11 Å². The van der Waals surface area contributed by atoms with Crippen LogP contribution in [0.3, 0.4) is 0 Å². The van der Waals surface area contributed by atoms with Crippen molar-refractivity contribution in [1.82, 2.24) is 4.98 Å². The Morgan fingerprint density at radius 3 is 2.50 bits per heavy atom. The Bertz CT molecular complexity index is 469. The third kappa shape index (κ3) is 2.04. The smallest absolute Gasteiger partial charge is 0.213 e. The van der Waals surface area contributed by atoms with Crippen molar-refractivity contribution >= 4 is 0 Å². The van der Waals surface area contributed by atoms with E-state index in [2.05, 4.69) is 4.98 Å². The van der Waals surface area contributed by atoms with E-state index in [9.17, 15) is 0 Å². The highest BCUT2D eigenvalue weighted by molar-refractivity contribution is 5.63. The monoisotopic (exact) mass is 214 g/mol. The van der Waals surface area contributed by atoms with Crippen LogP contribution in [-0.2, 0) is 6.54 Å². The number of ether oxygens (including phenoxy) is 1. The van der Waals surface area contributed by atoms with E-state index in [1.54, 1.807) is 7.11 Å². The lowest BCUT2D eigenvalue weighted by atomic mass is 10.1. The van der Waals surface area contributed by atoms with Gasteiger partial charge < -0.3 is 10.5 Å². The lowest BCUT2D eigenvalue weighted by Gasteiger charge is -2.08. The maximum absolute atomic E-state index is 5.70. The van der Waals surface area contributed by atoms with E-state index in [0.29, 0.717) is 12.4 Å². The average Bonchev–Trinajstić information content (AvgIpc) is 2.39. The van der Waals surface area contributed by atoms with Crippen LogP contribution in [0.25, 0.3) is 11.3 Å². The first-order valence-electron chi connectivity index (χ1n) is 5.14. The fourth-order valence-electron chi connectivity index (χ4n) is 1.59. The number of nitrogens with zero attached hydrogens (tertiary/aromatic N) is 1. The summed E-state index contributed by atoms with van der Waals surface area (Å²) in [5, 5.41) is 0. The zero-order chi connectivity index (χ0) is 11.4. The van der Waals surface area contributed by atoms with E-state index >= 15 is 0 Å². The molecule has 0 bridgehead atoms. The van der Waals surface area contributed by atoms with E-state index in [4.69, 9.17) is 10.5 Å². The molecule has 0 aliphatic carbocycles. The first-order valence-corrected chi connectivity index (χ1v) is 5.14. The summed E-state index contributed by atoms with van der Waals surface area (Å²) < 4.78 is 5.12. The molecule has 0 atom stereocenters. The van der Waals surface area contributed by atoms with Crippen LogP contribution in [0.4, 0.5) is 0 Å². The minimum atomic E-state index is 0.473. The first kappa shape index (κ1) is 10.6. The lowest BCUT2D eigenvalue weighted by molar-refractivity contribution is 0.398. The van der Waals surface area contributed by atoms with Gasteiger partial charge >= 0.3 is 0 Å². The third-order valence-electron chi connectivity index (χ3n) is 2.43. The van der Waals surface area contributed by atoms with E-state index in [1.165, 1.54) is 0 Å². The molecule has 2 N–H and O–H groups in total. The third-order valence-corrected chi connectivity index (χ3v) is 2.43. The van der Waals surface area contributed by atoms with Crippen LogP contribution in [0.15, 0.2) is 42.5 Å². The van der Waals surface area contributed by atoms with Gasteiger partial charge in [-0.05, 0) is 5.56 Å². The number of hydrogen-bond donors (Lipinski definition) is 1. The van der Waals surface area contributed by atoms with E-state index in [-0.39, 0.29) is 0 Å². The summed E-state index contributed by atoms with van der Waals surface area (Å²) in [5.74, 6) is 0.607. The molecule has 0 aliphatic rings. The van der Waals surface area contributed by atoms with Crippen molar-refractivity contribution in [3.63, 3.8) is 0 Å². The maximum atomic E-state index is 5.70. The van der Waals surface area contributed by atoms with Crippen LogP contribution in [0.1, 0.15) is 5.56 Å². The molecule has 0 radical (unpaired) electrons. The molecule has 0 aliphatic heterocycles. The molecule has 0 saturated heterocycles. The highest BCUT2D eigenvalue weighted by Crippen LogP contribution is 2.23. The van der Waals surface area contributed by atoms with Crippen molar-refractivity contribution in [2.24, 2.45) is 5.73 Å². The standard InChI is InChI=1S/C13H14N2O/c1-16-12-8-7-11(9-14)13(15-12)10-5-3-2-4-6-10/h2-8H,9,14H2,1H3. The Morgan fingerprint density at radius 1 is 1.12 bits per heavy atom. The normalized spacial score (nSPS) is 10.1. The van der Waals surface area contributed by atoms with Crippen LogP contribution in [0.2, 0.25) is 0 Å². The number of nitrogens with two attached hydrogens (primary N) is 1. The lowest BCUT2D eigenvalue weighted by Crippen LogP contribution is -2.01. The zero-order valence-electron chi connectivity index (χ0n) is 9.18. The van der Waals surface area contributed by atoms with Crippen LogP contribution in [-0.4, -0.2) is 12.1 Å². The van der Waals surface area contributed by atoms with Gasteiger partial charge in [-0.1, -0.05) is 36.4 Å². The number of methoxy groups -OCH3 is 1. The molecule has 82 valence electrons. The van der Waals surface area contributed by atoms with Gasteiger partial charge in [0, 0.05) is 18.2 Å². The first-order chi connectivity index (χ1) is 7.85. The molecule has 0 spiro atoms. The number of rotatable bonds is 3. The van der Waals surface area contributed by atoms with Gasteiger partial charge in [0.2, 0.25) is 5.88 Å². The second-order valence-electron chi connectivity index (χ2n) is 3.43. The molecule has 0 amide bonds. The SMILES string of the molecule is COc1ccc(CN)c(-c2ccccc2)n1. The van der Waals surface area contributed by atoms with Crippen molar-refractivity contribution in [3.05, 3.63) is 48.0 Å². The number of hydrogen-bond acceptors (Lipinski definition) is 3. The molecule has 3 heteroatoms. The van der Waals surface area contributed by atoms with Crippen LogP contribution < -0.4 is 10.5 Å². The predicted octanol–water partition coefficient (Wildman–Crippen LogP) is 2.22. The summed E-state index contributed by atoms with van der Waals surface area (Å²) in [6, 6.07) is 13.8. The van der Waals surface area contributed by atoms with E-state index < -0.39 is 0 Å². The van der Waals surface area contributed by atoms with Gasteiger partial charge in [0.15, 0.2) is 0 Å². The van der Waals surface area contributed by atoms with Gasteiger partial charge in [-0.15, -0.1) is 0 Å². The topological polar surface area (TPSA) is 48.1 Å². The largest absolute Gasteiger partial charge is 0.481 e. The fourth-order valence-corrected chi connectivity index (χ4v) is 1.59. The molecule has 0 saturated carbocycles. The summed E-state index contributed by atoms with van der Waals surface area (Å²) in [7, 11) is 1.61. The number of aromatic nitrogens is 1. The Labute approximate surface area is 94.9 Å². The maximum Gasteiger partial charge on any atom is 0.213 e. The summed E-state index contributed by atoms with van der Waals surface area (Å²) in [6.07, 6.45) is 0. The second-order valence-corrected chi connectivity index (χ2v) is 3.43. The second kappa shape index (κ2) is 4.77. The minimum absolute atomic E-state index is 0.473. The van der Waals surface area contributed by atoms with Gasteiger partial charge in [0.25, 0.3) is 0 Å². The van der Waals surface area contributed by atoms with Crippen LogP contribution in [0.5, 0.6) is 5.88 Å². The minimum Gasteiger partial charge on any atom is -0.481 e. The van der Waals surface area contributed by atoms with E-state index in [0.717, 1.165) is 16.8 Å². The van der Waals surface area contributed by atoms with Gasteiger partial charge in [-0.3, -0.25) is 0 Å².